The molecule has 19 heavy (non-hydrogen) atoms. The molecule has 1 N–H and O–H groups in total. The third kappa shape index (κ3) is 2.93. The molecule has 5 heteroatoms. The molecule has 102 valence electrons. The lowest BCUT2D eigenvalue weighted by molar-refractivity contribution is -0.157. The number of amides is 1. The number of rotatable bonds is 2. The van der Waals surface area contributed by atoms with Crippen LogP contribution in [0, 0.1) is 0 Å². The maximum Gasteiger partial charge on any atom is 0.251 e. The average molecular weight is 262 g/mol. The summed E-state index contributed by atoms with van der Waals surface area (Å²) < 4.78 is 11.4. The second-order valence-corrected chi connectivity index (χ2v) is 5.04. The number of carbonyl (C=O) groups excluding carboxylic acids is 1. The zero-order chi connectivity index (χ0) is 13.1. The second-order valence-electron chi connectivity index (χ2n) is 5.04. The molecule has 1 amide bonds. The van der Waals surface area contributed by atoms with Crippen molar-refractivity contribution in [3.05, 3.63) is 30.1 Å². The Morgan fingerprint density at radius 3 is 2.68 bits per heavy atom. The fourth-order valence-electron chi connectivity index (χ4n) is 2.77. The molecule has 1 aliphatic heterocycles. The van der Waals surface area contributed by atoms with E-state index >= 15 is 0 Å². The van der Waals surface area contributed by atoms with Gasteiger partial charge in [0.1, 0.15) is 0 Å². The minimum absolute atomic E-state index is 0.0393. The van der Waals surface area contributed by atoms with Crippen molar-refractivity contribution < 1.29 is 14.3 Å². The molecule has 2 fully saturated rings. The lowest BCUT2D eigenvalue weighted by Gasteiger charge is -2.39. The Bertz CT molecular complexity index is 438. The standard InChI is InChI=1S/C14H18N2O3/c17-14(10-3-5-15-6-4-10)16-11-1-2-12-13(9-11)19-8-7-18-12/h3-6,11-13H,1-2,7-9H2,(H,16,17). The molecular formula is C14H18N2O3. The van der Waals surface area contributed by atoms with Gasteiger partial charge in [0.15, 0.2) is 0 Å². The van der Waals surface area contributed by atoms with E-state index in [9.17, 15) is 4.79 Å². The smallest absolute Gasteiger partial charge is 0.251 e. The summed E-state index contributed by atoms with van der Waals surface area (Å²) in [4.78, 5) is 16.0. The summed E-state index contributed by atoms with van der Waals surface area (Å²) in [6.07, 6.45) is 6.33. The molecule has 0 aromatic carbocycles. The zero-order valence-corrected chi connectivity index (χ0v) is 10.7. The van der Waals surface area contributed by atoms with Crippen LogP contribution >= 0.6 is 0 Å². The lowest BCUT2D eigenvalue weighted by Crippen LogP contribution is -2.49. The van der Waals surface area contributed by atoms with Crippen LogP contribution in [0.1, 0.15) is 29.6 Å². The van der Waals surface area contributed by atoms with Gasteiger partial charge in [0.25, 0.3) is 5.91 Å². The van der Waals surface area contributed by atoms with Crippen molar-refractivity contribution in [1.29, 1.82) is 0 Å². The molecule has 1 saturated carbocycles. The molecule has 1 saturated heterocycles. The summed E-state index contributed by atoms with van der Waals surface area (Å²) in [5, 5.41) is 3.07. The van der Waals surface area contributed by atoms with Gasteiger partial charge in [-0.1, -0.05) is 0 Å². The Morgan fingerprint density at radius 2 is 1.89 bits per heavy atom. The van der Waals surface area contributed by atoms with E-state index in [4.69, 9.17) is 9.47 Å². The Morgan fingerprint density at radius 1 is 1.16 bits per heavy atom. The molecule has 0 spiro atoms. The van der Waals surface area contributed by atoms with E-state index < -0.39 is 0 Å². The number of nitrogens with zero attached hydrogens (tertiary/aromatic N) is 1. The van der Waals surface area contributed by atoms with E-state index in [1.165, 1.54) is 0 Å². The van der Waals surface area contributed by atoms with Crippen LogP contribution < -0.4 is 5.32 Å². The van der Waals surface area contributed by atoms with Crippen molar-refractivity contribution in [2.24, 2.45) is 0 Å². The normalized spacial score (nSPS) is 30.4. The van der Waals surface area contributed by atoms with Gasteiger partial charge < -0.3 is 14.8 Å². The number of nitrogens with one attached hydrogen (secondary N) is 1. The SMILES string of the molecule is O=C(NC1CCC2OCCOC2C1)c1ccncc1. The van der Waals surface area contributed by atoms with Gasteiger partial charge >= 0.3 is 0 Å². The minimum atomic E-state index is -0.0393. The maximum atomic E-state index is 12.1. The first kappa shape index (κ1) is 12.6. The van der Waals surface area contributed by atoms with Gasteiger partial charge in [-0.15, -0.1) is 0 Å². The third-order valence-electron chi connectivity index (χ3n) is 3.76. The van der Waals surface area contributed by atoms with E-state index in [1.54, 1.807) is 24.5 Å². The average Bonchev–Trinajstić information content (AvgIpc) is 2.48. The number of fused-ring (bicyclic) bond motifs is 1. The molecule has 3 unspecified atom stereocenters. The van der Waals surface area contributed by atoms with Crippen LogP contribution in [0.15, 0.2) is 24.5 Å². The minimum Gasteiger partial charge on any atom is -0.373 e. The first-order valence-electron chi connectivity index (χ1n) is 6.77. The number of ether oxygens (including phenoxy) is 2. The van der Waals surface area contributed by atoms with Crippen LogP contribution in [0.4, 0.5) is 0 Å². The quantitative estimate of drug-likeness (QED) is 0.868. The highest BCUT2D eigenvalue weighted by atomic mass is 16.6. The Hall–Kier alpha value is -1.46. The van der Waals surface area contributed by atoms with E-state index in [0.29, 0.717) is 18.8 Å². The largest absolute Gasteiger partial charge is 0.373 e. The molecule has 0 radical (unpaired) electrons. The van der Waals surface area contributed by atoms with Gasteiger partial charge in [-0.2, -0.15) is 0 Å². The summed E-state index contributed by atoms with van der Waals surface area (Å²) in [6, 6.07) is 3.62. The summed E-state index contributed by atoms with van der Waals surface area (Å²) in [5.41, 5.74) is 0.651. The van der Waals surface area contributed by atoms with Crippen LogP contribution in [0.25, 0.3) is 0 Å². The predicted molar refractivity (Wildman–Crippen MR) is 68.8 cm³/mol. The maximum absolute atomic E-state index is 12.1. The highest BCUT2D eigenvalue weighted by Gasteiger charge is 2.34. The molecule has 0 bridgehead atoms. The molecule has 1 aromatic heterocycles. The van der Waals surface area contributed by atoms with Crippen molar-refractivity contribution >= 4 is 5.91 Å². The van der Waals surface area contributed by atoms with E-state index in [2.05, 4.69) is 10.3 Å². The fourth-order valence-corrected chi connectivity index (χ4v) is 2.77. The number of hydrogen-bond acceptors (Lipinski definition) is 4. The van der Waals surface area contributed by atoms with Gasteiger partial charge in [0, 0.05) is 24.0 Å². The lowest BCUT2D eigenvalue weighted by atomic mass is 9.89. The summed E-state index contributed by atoms with van der Waals surface area (Å²) >= 11 is 0. The van der Waals surface area contributed by atoms with Crippen LogP contribution in [-0.4, -0.2) is 42.4 Å². The Balaban J connectivity index is 1.57. The number of carbonyl (C=O) groups is 1. The summed E-state index contributed by atoms with van der Waals surface area (Å²) in [5.74, 6) is -0.0393. The van der Waals surface area contributed by atoms with Gasteiger partial charge in [0.2, 0.25) is 0 Å². The molecular weight excluding hydrogens is 244 g/mol. The first-order valence-corrected chi connectivity index (χ1v) is 6.77. The number of pyridine rings is 1. The Kier molecular flexibility index (Phi) is 3.75. The molecule has 1 aliphatic carbocycles. The van der Waals surface area contributed by atoms with Gasteiger partial charge in [-0.3, -0.25) is 9.78 Å². The predicted octanol–water partition coefficient (Wildman–Crippen LogP) is 1.15. The van der Waals surface area contributed by atoms with E-state index in [-0.39, 0.29) is 24.2 Å². The van der Waals surface area contributed by atoms with Crippen LogP contribution in [0.3, 0.4) is 0 Å². The molecule has 1 aromatic rings. The van der Waals surface area contributed by atoms with Crippen molar-refractivity contribution in [3.8, 4) is 0 Å². The molecule has 3 rings (SSSR count). The molecule has 5 nitrogen and oxygen atoms in total. The monoisotopic (exact) mass is 262 g/mol. The van der Waals surface area contributed by atoms with Crippen molar-refractivity contribution in [2.75, 3.05) is 13.2 Å². The number of hydrogen-bond donors (Lipinski definition) is 1. The highest BCUT2D eigenvalue weighted by molar-refractivity contribution is 5.94. The van der Waals surface area contributed by atoms with Crippen LogP contribution in [-0.2, 0) is 9.47 Å². The molecule has 2 aliphatic rings. The van der Waals surface area contributed by atoms with Crippen molar-refractivity contribution in [2.45, 2.75) is 37.5 Å². The highest BCUT2D eigenvalue weighted by Crippen LogP contribution is 2.26. The van der Waals surface area contributed by atoms with E-state index in [1.807, 2.05) is 0 Å². The molecule has 3 atom stereocenters. The van der Waals surface area contributed by atoms with Gasteiger partial charge in [0.05, 0.1) is 25.4 Å². The zero-order valence-electron chi connectivity index (χ0n) is 10.7. The fraction of sp³-hybridized carbons (Fsp3) is 0.571. The summed E-state index contributed by atoms with van der Waals surface area (Å²) in [6.45, 7) is 1.35. The van der Waals surface area contributed by atoms with Crippen molar-refractivity contribution in [3.63, 3.8) is 0 Å². The number of aromatic nitrogens is 1. The topological polar surface area (TPSA) is 60.5 Å². The van der Waals surface area contributed by atoms with Crippen LogP contribution in [0.2, 0.25) is 0 Å². The second kappa shape index (κ2) is 5.67. The Labute approximate surface area is 112 Å². The van der Waals surface area contributed by atoms with Crippen molar-refractivity contribution in [1.82, 2.24) is 10.3 Å². The van der Waals surface area contributed by atoms with Crippen LogP contribution in [0.5, 0.6) is 0 Å². The van der Waals surface area contributed by atoms with Gasteiger partial charge in [-0.25, -0.2) is 0 Å². The third-order valence-corrected chi connectivity index (χ3v) is 3.76. The van der Waals surface area contributed by atoms with E-state index in [0.717, 1.165) is 19.3 Å². The summed E-state index contributed by atoms with van der Waals surface area (Å²) in [7, 11) is 0. The molecule has 2 heterocycles. The first-order chi connectivity index (χ1) is 9.33. The van der Waals surface area contributed by atoms with Gasteiger partial charge in [-0.05, 0) is 31.4 Å².